The largest absolute Gasteiger partial charge is 0.486 e. The van der Waals surface area contributed by atoms with E-state index in [2.05, 4.69) is 22.6 Å². The third-order valence-electron chi connectivity index (χ3n) is 2.71. The summed E-state index contributed by atoms with van der Waals surface area (Å²) in [6.07, 6.45) is -8.02. The Morgan fingerprint density at radius 3 is 1.11 bits per heavy atom. The van der Waals surface area contributed by atoms with Crippen LogP contribution < -0.4 is 0 Å². The molecule has 0 amide bonds. The van der Waals surface area contributed by atoms with E-state index in [0.717, 1.165) is 0 Å². The van der Waals surface area contributed by atoms with Gasteiger partial charge in [0.15, 0.2) is 0 Å². The summed E-state index contributed by atoms with van der Waals surface area (Å²) in [5, 5.41) is 0. The van der Waals surface area contributed by atoms with E-state index in [1.54, 1.807) is 0 Å². The van der Waals surface area contributed by atoms with Crippen molar-refractivity contribution in [2.24, 2.45) is 0 Å². The molecule has 0 aliphatic rings. The van der Waals surface area contributed by atoms with Gasteiger partial charge in [0.2, 0.25) is 0 Å². The minimum Gasteiger partial charge on any atom is -0.386 e. The molecule has 28 heavy (non-hydrogen) atoms. The summed E-state index contributed by atoms with van der Waals surface area (Å²) < 4.78 is 162. The van der Waals surface area contributed by atoms with E-state index < -0.39 is 47.8 Å². The second kappa shape index (κ2) is 7.20. The first kappa shape index (κ1) is 25.6. The van der Waals surface area contributed by atoms with Crippen LogP contribution in [-0.2, 0) is 19.1 Å². The number of ether oxygens (including phenoxy) is 2. The van der Waals surface area contributed by atoms with E-state index in [4.69, 9.17) is 0 Å². The van der Waals surface area contributed by atoms with E-state index in [-0.39, 0.29) is 12.2 Å². The zero-order valence-corrected chi connectivity index (χ0v) is 12.7. The van der Waals surface area contributed by atoms with Gasteiger partial charge in [-0.2, -0.15) is 52.7 Å². The SMILES string of the molecule is C=CC(=O)OC(F)(OC(=O)C=C)C(F)(F)C(F)(F)C(F)(F)C(F)(F)C(F)(F)F. The normalized spacial score (nSPS) is 14.3. The van der Waals surface area contributed by atoms with Crippen molar-refractivity contribution < 1.29 is 71.7 Å². The predicted molar refractivity (Wildman–Crippen MR) is 62.3 cm³/mol. The molecule has 0 saturated heterocycles. The second-order valence-corrected chi connectivity index (χ2v) is 4.58. The van der Waals surface area contributed by atoms with Gasteiger partial charge in [-0.1, -0.05) is 13.2 Å². The van der Waals surface area contributed by atoms with E-state index in [1.807, 2.05) is 0 Å². The number of carbonyl (C=O) groups is 2. The van der Waals surface area contributed by atoms with E-state index in [0.29, 0.717) is 0 Å². The summed E-state index contributed by atoms with van der Waals surface area (Å²) in [4.78, 5) is 21.6. The van der Waals surface area contributed by atoms with Crippen molar-refractivity contribution in [2.75, 3.05) is 0 Å². The highest BCUT2D eigenvalue weighted by Crippen LogP contribution is 2.60. The fourth-order valence-electron chi connectivity index (χ4n) is 1.25. The molecule has 0 saturated carbocycles. The summed E-state index contributed by atoms with van der Waals surface area (Å²) >= 11 is 0. The van der Waals surface area contributed by atoms with Crippen LogP contribution in [0.3, 0.4) is 0 Å². The van der Waals surface area contributed by atoms with Crippen molar-refractivity contribution in [1.82, 2.24) is 0 Å². The Kier molecular flexibility index (Phi) is 6.57. The molecule has 0 aromatic heterocycles. The fourth-order valence-corrected chi connectivity index (χ4v) is 1.25. The van der Waals surface area contributed by atoms with Gasteiger partial charge in [0.25, 0.3) is 0 Å². The molecule has 16 heteroatoms. The van der Waals surface area contributed by atoms with Crippen molar-refractivity contribution in [3.8, 4) is 0 Å². The lowest BCUT2D eigenvalue weighted by atomic mass is 9.97. The molecule has 0 unspecified atom stereocenters. The minimum absolute atomic E-state index is 0.257. The molecule has 0 aromatic rings. The molecular weight excluding hydrogens is 436 g/mol. The van der Waals surface area contributed by atoms with Crippen LogP contribution in [0.5, 0.6) is 0 Å². The molecule has 162 valence electrons. The van der Waals surface area contributed by atoms with E-state index >= 15 is 0 Å². The first-order chi connectivity index (χ1) is 12.2. The van der Waals surface area contributed by atoms with Crippen LogP contribution in [0.1, 0.15) is 0 Å². The highest BCUT2D eigenvalue weighted by atomic mass is 19.4. The molecule has 0 heterocycles. The number of halogens is 12. The monoisotopic (exact) mass is 442 g/mol. The average molecular weight is 442 g/mol. The van der Waals surface area contributed by atoms with Gasteiger partial charge in [0.05, 0.1) is 0 Å². The van der Waals surface area contributed by atoms with Crippen molar-refractivity contribution in [2.45, 2.75) is 35.9 Å². The van der Waals surface area contributed by atoms with Crippen LogP contribution in [0.25, 0.3) is 0 Å². The first-order valence-corrected chi connectivity index (χ1v) is 6.14. The lowest BCUT2D eigenvalue weighted by molar-refractivity contribution is -0.471. The lowest BCUT2D eigenvalue weighted by Gasteiger charge is -2.40. The number of rotatable bonds is 8. The lowest BCUT2D eigenvalue weighted by Crippen LogP contribution is -2.72. The Morgan fingerprint density at radius 1 is 0.571 bits per heavy atom. The molecule has 0 fully saturated rings. The maximum absolute atomic E-state index is 14.1. The highest BCUT2D eigenvalue weighted by Gasteiger charge is 2.92. The van der Waals surface area contributed by atoms with Gasteiger partial charge in [-0.05, 0) is 0 Å². The average Bonchev–Trinajstić information content (AvgIpc) is 2.52. The maximum atomic E-state index is 14.1. The van der Waals surface area contributed by atoms with Crippen LogP contribution in [0.15, 0.2) is 25.3 Å². The summed E-state index contributed by atoms with van der Waals surface area (Å²) in [6, 6.07) is -6.28. The molecule has 4 nitrogen and oxygen atoms in total. The van der Waals surface area contributed by atoms with Crippen LogP contribution >= 0.6 is 0 Å². The van der Waals surface area contributed by atoms with Crippen molar-refractivity contribution in [3.05, 3.63) is 25.3 Å². The Hall–Kier alpha value is -2.42. The minimum atomic E-state index is -8.03. The summed E-state index contributed by atoms with van der Waals surface area (Å²) in [5.41, 5.74) is 0. The standard InChI is InChI=1S/C12H6F12O4/c1-3-5(25)27-12(24,28-6(26)4-2)10(19,20)8(15,16)7(13,14)9(17,18)11(21,22)23/h3-4H,1-2H2. The second-order valence-electron chi connectivity index (χ2n) is 4.58. The molecular formula is C12H6F12O4. The molecule has 0 aliphatic heterocycles. The third kappa shape index (κ3) is 3.76. The molecule has 0 aliphatic carbocycles. The summed E-state index contributed by atoms with van der Waals surface area (Å²) in [7, 11) is 0. The molecule has 0 radical (unpaired) electrons. The zero-order valence-electron chi connectivity index (χ0n) is 12.7. The smallest absolute Gasteiger partial charge is 0.386 e. The van der Waals surface area contributed by atoms with Gasteiger partial charge in [-0.3, -0.25) is 0 Å². The first-order valence-electron chi connectivity index (χ1n) is 6.14. The van der Waals surface area contributed by atoms with Gasteiger partial charge < -0.3 is 9.47 Å². The molecule has 0 spiro atoms. The molecule has 0 rings (SSSR count). The number of hydrogen-bond donors (Lipinski definition) is 0. The summed E-state index contributed by atoms with van der Waals surface area (Å²) in [6.45, 7) is 4.91. The molecule has 0 aromatic carbocycles. The maximum Gasteiger partial charge on any atom is 0.486 e. The third-order valence-corrected chi connectivity index (χ3v) is 2.71. The number of alkyl halides is 12. The fraction of sp³-hybridized carbons (Fsp3) is 0.500. The quantitative estimate of drug-likeness (QED) is 0.245. The van der Waals surface area contributed by atoms with Crippen molar-refractivity contribution >= 4 is 11.9 Å². The predicted octanol–water partition coefficient (Wildman–Crippen LogP) is 4.17. The van der Waals surface area contributed by atoms with Crippen LogP contribution in [0.4, 0.5) is 52.7 Å². The van der Waals surface area contributed by atoms with Crippen molar-refractivity contribution in [3.63, 3.8) is 0 Å². The van der Waals surface area contributed by atoms with Gasteiger partial charge in [-0.25, -0.2) is 9.59 Å². The zero-order chi connectivity index (χ0) is 23.0. The number of carbonyl (C=O) groups excluding carboxylic acids is 2. The Morgan fingerprint density at radius 2 is 0.857 bits per heavy atom. The Bertz CT molecular complexity index is 629. The van der Waals surface area contributed by atoms with Gasteiger partial charge in [0, 0.05) is 12.2 Å². The molecule has 0 atom stereocenters. The Balaban J connectivity index is 6.64. The van der Waals surface area contributed by atoms with Crippen molar-refractivity contribution in [1.29, 1.82) is 0 Å². The molecule has 0 N–H and O–H groups in total. The van der Waals surface area contributed by atoms with Crippen LogP contribution in [0.2, 0.25) is 0 Å². The number of esters is 2. The Labute approximate surface area is 146 Å². The van der Waals surface area contributed by atoms with E-state index in [1.165, 1.54) is 0 Å². The summed E-state index contributed by atoms with van der Waals surface area (Å²) in [5.74, 6) is -36.3. The van der Waals surface area contributed by atoms with Gasteiger partial charge in [-0.15, -0.1) is 0 Å². The topological polar surface area (TPSA) is 52.6 Å². The number of hydrogen-bond acceptors (Lipinski definition) is 4. The van der Waals surface area contributed by atoms with Crippen LogP contribution in [0, 0.1) is 0 Å². The van der Waals surface area contributed by atoms with Gasteiger partial charge in [0.1, 0.15) is 0 Å². The van der Waals surface area contributed by atoms with Gasteiger partial charge >= 0.3 is 47.8 Å². The molecule has 0 bridgehead atoms. The van der Waals surface area contributed by atoms with E-state index in [9.17, 15) is 62.3 Å². The van der Waals surface area contributed by atoms with Crippen LogP contribution in [-0.4, -0.2) is 47.8 Å². The highest BCUT2D eigenvalue weighted by molar-refractivity contribution is 5.83.